The first kappa shape index (κ1) is 30.0. The summed E-state index contributed by atoms with van der Waals surface area (Å²) < 4.78 is 67.8. The number of methoxy groups -OCH3 is 2. The zero-order chi connectivity index (χ0) is 31.2. The van der Waals surface area contributed by atoms with Crippen LogP contribution in [0.4, 0.5) is 0 Å². The van der Waals surface area contributed by atoms with Crippen molar-refractivity contribution in [3.05, 3.63) is 119 Å². The molecule has 0 aliphatic heterocycles. The number of hydrogen-bond donors (Lipinski definition) is 0. The van der Waals surface area contributed by atoms with Crippen LogP contribution in [0.3, 0.4) is 0 Å². The Morgan fingerprint density at radius 3 is 1.20 bits per heavy atom. The molecule has 0 saturated heterocycles. The molecule has 0 fully saturated rings. The minimum atomic E-state index is -5.02. The Labute approximate surface area is 264 Å². The van der Waals surface area contributed by atoms with Gasteiger partial charge in [-0.05, 0) is 105 Å². The van der Waals surface area contributed by atoms with Crippen LogP contribution < -0.4 is 9.47 Å². The van der Waals surface area contributed by atoms with Crippen molar-refractivity contribution in [2.24, 2.45) is 0 Å². The molecule has 44 heavy (non-hydrogen) atoms. The molecule has 0 spiro atoms. The Morgan fingerprint density at radius 2 is 0.818 bits per heavy atom. The lowest BCUT2D eigenvalue weighted by molar-refractivity contribution is 0.414. The number of hydrogen-bond acceptors (Lipinski definition) is 6. The first-order valence-electron chi connectivity index (χ1n) is 13.3. The van der Waals surface area contributed by atoms with Crippen LogP contribution in [0.1, 0.15) is 0 Å². The van der Waals surface area contributed by atoms with Gasteiger partial charge in [-0.25, -0.2) is 16.8 Å². The van der Waals surface area contributed by atoms with E-state index in [-0.39, 0.29) is 20.9 Å². The van der Waals surface area contributed by atoms with E-state index in [1.807, 2.05) is 12.1 Å². The van der Waals surface area contributed by atoms with Crippen molar-refractivity contribution in [2.45, 2.75) is 9.79 Å². The van der Waals surface area contributed by atoms with Crippen LogP contribution in [0.25, 0.3) is 43.8 Å². The second kappa shape index (κ2) is 11.4. The monoisotopic (exact) mass is 662 g/mol. The Hall–Kier alpha value is -4.08. The lowest BCUT2D eigenvalue weighted by Crippen LogP contribution is -2.18. The normalized spacial score (nSPS) is 12.0. The topological polar surface area (TPSA) is 86.7 Å². The van der Waals surface area contributed by atoms with Gasteiger partial charge in [-0.1, -0.05) is 59.6 Å². The second-order valence-corrected chi connectivity index (χ2v) is 16.2. The summed E-state index contributed by atoms with van der Waals surface area (Å²) >= 11 is 12.3. The Balaban J connectivity index is 1.55. The highest BCUT2D eigenvalue weighted by atomic mass is 35.5. The molecule has 0 aromatic heterocycles. The maximum absolute atomic E-state index is 14.3. The molecule has 0 atom stereocenters. The van der Waals surface area contributed by atoms with Gasteiger partial charge in [0, 0.05) is 21.2 Å². The molecular formula is C34H24Cl2O6S2. The van der Waals surface area contributed by atoms with E-state index in [1.54, 1.807) is 60.7 Å². The fourth-order valence-corrected chi connectivity index (χ4v) is 9.65. The highest BCUT2D eigenvalue weighted by Gasteiger charge is 2.38. The van der Waals surface area contributed by atoms with Crippen LogP contribution in [0.5, 0.6) is 11.5 Å². The highest BCUT2D eigenvalue weighted by Crippen LogP contribution is 2.40. The lowest BCUT2D eigenvalue weighted by Gasteiger charge is -2.16. The molecule has 0 aliphatic rings. The Bertz CT molecular complexity index is 2150. The van der Waals surface area contributed by atoms with Crippen LogP contribution in [0.2, 0.25) is 10.0 Å². The van der Waals surface area contributed by atoms with Gasteiger partial charge in [0.15, 0.2) is 0 Å². The maximum atomic E-state index is 14.3. The zero-order valence-corrected chi connectivity index (χ0v) is 26.6. The van der Waals surface area contributed by atoms with Gasteiger partial charge < -0.3 is 9.47 Å². The summed E-state index contributed by atoms with van der Waals surface area (Å²) in [6, 6.07) is 29.7. The van der Waals surface area contributed by atoms with Gasteiger partial charge >= 0.3 is 0 Å². The third-order valence-corrected chi connectivity index (χ3v) is 13.1. The molecule has 0 aliphatic carbocycles. The van der Waals surface area contributed by atoms with Gasteiger partial charge in [0.2, 0.25) is 0 Å². The zero-order valence-electron chi connectivity index (χ0n) is 23.4. The van der Waals surface area contributed by atoms with E-state index in [0.717, 1.165) is 21.5 Å². The van der Waals surface area contributed by atoms with Gasteiger partial charge in [-0.15, -0.1) is 0 Å². The van der Waals surface area contributed by atoms with Crippen LogP contribution in [0, 0.1) is 0 Å². The third kappa shape index (κ3) is 5.28. The van der Waals surface area contributed by atoms with E-state index in [9.17, 15) is 16.8 Å². The summed E-state index contributed by atoms with van der Waals surface area (Å²) in [7, 11) is -7.13. The van der Waals surface area contributed by atoms with Gasteiger partial charge in [0.25, 0.3) is 17.7 Å². The summed E-state index contributed by atoms with van der Waals surface area (Å²) in [5.41, 5.74) is 1.36. The summed E-state index contributed by atoms with van der Waals surface area (Å²) in [6.45, 7) is 0. The van der Waals surface area contributed by atoms with Gasteiger partial charge in [-0.3, -0.25) is 0 Å². The first-order valence-corrected chi connectivity index (χ1v) is 17.5. The summed E-state index contributed by atoms with van der Waals surface area (Å²) in [6.07, 6.45) is 0. The molecule has 0 heterocycles. The molecule has 0 saturated carbocycles. The molecule has 6 rings (SSSR count). The van der Waals surface area contributed by atoms with Gasteiger partial charge in [0.05, 0.1) is 24.0 Å². The van der Waals surface area contributed by atoms with Gasteiger partial charge in [0.1, 0.15) is 11.5 Å². The van der Waals surface area contributed by atoms with Crippen molar-refractivity contribution in [1.29, 1.82) is 0 Å². The average molecular weight is 664 g/mol. The largest absolute Gasteiger partial charge is 0.497 e. The van der Waals surface area contributed by atoms with E-state index >= 15 is 0 Å². The molecule has 0 radical (unpaired) electrons. The molecule has 0 N–H and O–H groups in total. The van der Waals surface area contributed by atoms with Crippen LogP contribution >= 0.6 is 23.2 Å². The third-order valence-electron chi connectivity index (χ3n) is 7.43. The molecule has 0 bridgehead atoms. The standard InChI is InChI=1S/C34H24Cl2O6S2/c1-41-29-11-13-33(31(19-29)25-5-3-23-17-27(35)9-7-21(23)15-25)43(37,38)44(39,40)34-14-12-30(42-2)20-32(34)26-6-4-24-18-28(36)10-8-22(24)16-26/h3-20H,1-2H3. The van der Waals surface area contributed by atoms with Crippen molar-refractivity contribution < 1.29 is 26.3 Å². The van der Waals surface area contributed by atoms with Crippen molar-refractivity contribution in [3.8, 4) is 33.8 Å². The number of ether oxygens (including phenoxy) is 2. The van der Waals surface area contributed by atoms with Crippen molar-refractivity contribution in [1.82, 2.24) is 0 Å². The predicted octanol–water partition coefficient (Wildman–Crippen LogP) is 8.81. The Morgan fingerprint density at radius 1 is 0.455 bits per heavy atom. The smallest absolute Gasteiger partial charge is 0.287 e. The maximum Gasteiger partial charge on any atom is 0.287 e. The van der Waals surface area contributed by atoms with Gasteiger partial charge in [-0.2, -0.15) is 0 Å². The van der Waals surface area contributed by atoms with Crippen molar-refractivity contribution in [3.63, 3.8) is 0 Å². The van der Waals surface area contributed by atoms with E-state index in [4.69, 9.17) is 32.7 Å². The molecule has 0 unspecified atom stereocenters. The Kier molecular flexibility index (Phi) is 7.80. The molecule has 6 aromatic carbocycles. The van der Waals surface area contributed by atoms with E-state index in [0.29, 0.717) is 32.7 Å². The number of benzene rings is 6. The average Bonchev–Trinajstić information content (AvgIpc) is 3.03. The highest BCUT2D eigenvalue weighted by molar-refractivity contribution is 8.67. The minimum absolute atomic E-state index is 0.183. The van der Waals surface area contributed by atoms with E-state index in [2.05, 4.69) is 0 Å². The SMILES string of the molecule is COc1ccc(S(=O)(=O)S(=O)(=O)c2ccc(OC)cc2-c2ccc3cc(Cl)ccc3c2)c(-c2ccc3cc(Cl)ccc3c2)c1. The second-order valence-electron chi connectivity index (χ2n) is 10.0. The molecule has 0 amide bonds. The summed E-state index contributed by atoms with van der Waals surface area (Å²) in [5.74, 6) is 0.739. The fraction of sp³-hybridized carbons (Fsp3) is 0.0588. The number of rotatable bonds is 7. The minimum Gasteiger partial charge on any atom is -0.497 e. The van der Waals surface area contributed by atoms with Crippen molar-refractivity contribution in [2.75, 3.05) is 14.2 Å². The van der Waals surface area contributed by atoms with Crippen LogP contribution in [-0.4, -0.2) is 31.1 Å². The van der Waals surface area contributed by atoms with E-state index < -0.39 is 17.7 Å². The van der Waals surface area contributed by atoms with Crippen LogP contribution in [0.15, 0.2) is 119 Å². The predicted molar refractivity (Wildman–Crippen MR) is 176 cm³/mol. The van der Waals surface area contributed by atoms with Crippen LogP contribution in [-0.2, 0) is 17.7 Å². The fourth-order valence-electron chi connectivity index (χ4n) is 5.16. The molecule has 10 heteroatoms. The lowest BCUT2D eigenvalue weighted by atomic mass is 10.0. The molecule has 6 aromatic rings. The summed E-state index contributed by atoms with van der Waals surface area (Å²) in [4.78, 5) is -0.747. The number of fused-ring (bicyclic) bond motifs is 2. The first-order chi connectivity index (χ1) is 21.0. The van der Waals surface area contributed by atoms with Crippen molar-refractivity contribution >= 4 is 62.5 Å². The quantitative estimate of drug-likeness (QED) is 0.159. The molecule has 222 valence electrons. The number of halogens is 2. The molecular weight excluding hydrogens is 639 g/mol. The molecule has 6 nitrogen and oxygen atoms in total. The summed E-state index contributed by atoms with van der Waals surface area (Å²) in [5, 5.41) is 4.42. The van der Waals surface area contributed by atoms with E-state index in [1.165, 1.54) is 50.6 Å².